The zero-order chi connectivity index (χ0) is 15.8. The highest BCUT2D eigenvalue weighted by atomic mass is 16.5. The van der Waals surface area contributed by atoms with Gasteiger partial charge in [-0.15, -0.1) is 0 Å². The molecule has 1 rings (SSSR count). The van der Waals surface area contributed by atoms with Crippen LogP contribution < -0.4 is 10.5 Å². The van der Waals surface area contributed by atoms with Crippen LogP contribution in [0, 0.1) is 0 Å². The van der Waals surface area contributed by atoms with Crippen molar-refractivity contribution in [2.24, 2.45) is 0 Å². The summed E-state index contributed by atoms with van der Waals surface area (Å²) in [5.41, 5.74) is 5.83. The number of hydrogen-bond donors (Lipinski definition) is 5. The van der Waals surface area contributed by atoms with Crippen LogP contribution in [-0.2, 0) is 4.74 Å². The summed E-state index contributed by atoms with van der Waals surface area (Å²) in [6.07, 6.45) is -2.21. The van der Waals surface area contributed by atoms with E-state index in [4.69, 9.17) is 30.5 Å². The molecule has 0 fully saturated rings. The fraction of sp³-hybridized carbons (Fsp3) is 0.462. The standard InChI is InChI=1S/C13H19NO7/c14-12-10(13(19)21-7-9(18)5-16)2-1-3-11(12)20-6-8(17)4-15/h1-3,8-9,15-18H,4-7,14H2. The first-order valence-corrected chi connectivity index (χ1v) is 6.25. The molecule has 21 heavy (non-hydrogen) atoms. The van der Waals surface area contributed by atoms with Crippen LogP contribution in [0.15, 0.2) is 18.2 Å². The number of ether oxygens (including phenoxy) is 2. The molecular weight excluding hydrogens is 282 g/mol. The number of benzene rings is 1. The molecule has 0 heterocycles. The second kappa shape index (κ2) is 8.42. The van der Waals surface area contributed by atoms with Crippen molar-refractivity contribution < 1.29 is 34.7 Å². The zero-order valence-electron chi connectivity index (χ0n) is 11.3. The van der Waals surface area contributed by atoms with E-state index in [1.807, 2.05) is 0 Å². The Morgan fingerprint density at radius 2 is 1.76 bits per heavy atom. The van der Waals surface area contributed by atoms with Gasteiger partial charge in [-0.2, -0.15) is 0 Å². The van der Waals surface area contributed by atoms with Gasteiger partial charge in [0.05, 0.1) is 24.5 Å². The van der Waals surface area contributed by atoms with Gasteiger partial charge in [-0.25, -0.2) is 4.79 Å². The average molecular weight is 301 g/mol. The Morgan fingerprint density at radius 1 is 1.14 bits per heavy atom. The number of aliphatic hydroxyl groups excluding tert-OH is 4. The summed E-state index contributed by atoms with van der Waals surface area (Å²) in [5, 5.41) is 35.6. The fourth-order valence-corrected chi connectivity index (χ4v) is 1.39. The lowest BCUT2D eigenvalue weighted by atomic mass is 10.1. The molecule has 8 nitrogen and oxygen atoms in total. The van der Waals surface area contributed by atoms with E-state index in [-0.39, 0.29) is 30.2 Å². The summed E-state index contributed by atoms with van der Waals surface area (Å²) in [5.74, 6) is -0.604. The van der Waals surface area contributed by atoms with Gasteiger partial charge in [-0.05, 0) is 12.1 Å². The van der Waals surface area contributed by atoms with Gasteiger partial charge in [0, 0.05) is 0 Å². The van der Waals surface area contributed by atoms with Crippen molar-refractivity contribution in [2.75, 3.05) is 32.2 Å². The van der Waals surface area contributed by atoms with Gasteiger partial charge >= 0.3 is 5.97 Å². The van der Waals surface area contributed by atoms with Crippen molar-refractivity contribution in [2.45, 2.75) is 12.2 Å². The molecule has 0 aliphatic heterocycles. The molecule has 8 heteroatoms. The maximum absolute atomic E-state index is 11.8. The lowest BCUT2D eigenvalue weighted by Crippen LogP contribution is -2.23. The number of anilines is 1. The summed E-state index contributed by atoms with van der Waals surface area (Å²) < 4.78 is 9.98. The van der Waals surface area contributed by atoms with E-state index in [0.717, 1.165) is 0 Å². The smallest absolute Gasteiger partial charge is 0.340 e. The number of para-hydroxylation sites is 1. The third-order valence-corrected chi connectivity index (χ3v) is 2.55. The van der Waals surface area contributed by atoms with Crippen molar-refractivity contribution in [3.8, 4) is 5.75 Å². The van der Waals surface area contributed by atoms with Gasteiger partial charge in [0.15, 0.2) is 0 Å². The summed E-state index contributed by atoms with van der Waals surface area (Å²) in [6, 6.07) is 4.42. The minimum atomic E-state index is -1.16. The van der Waals surface area contributed by atoms with Gasteiger partial charge in [0.2, 0.25) is 0 Å². The number of nitrogen functional groups attached to an aromatic ring is 1. The molecule has 0 radical (unpaired) electrons. The molecule has 0 bridgehead atoms. The normalized spacial score (nSPS) is 13.5. The maximum Gasteiger partial charge on any atom is 0.340 e. The summed E-state index contributed by atoms with van der Waals surface area (Å²) in [7, 11) is 0. The van der Waals surface area contributed by atoms with E-state index in [9.17, 15) is 9.90 Å². The Balaban J connectivity index is 2.73. The van der Waals surface area contributed by atoms with Crippen LogP contribution in [0.1, 0.15) is 10.4 Å². The molecule has 6 N–H and O–H groups in total. The molecule has 0 aliphatic rings. The fourth-order valence-electron chi connectivity index (χ4n) is 1.39. The van der Waals surface area contributed by atoms with Gasteiger partial charge in [-0.3, -0.25) is 0 Å². The molecule has 0 saturated heterocycles. The molecule has 0 aliphatic carbocycles. The first kappa shape index (κ1) is 17.2. The van der Waals surface area contributed by atoms with Gasteiger partial charge in [-0.1, -0.05) is 6.07 Å². The van der Waals surface area contributed by atoms with Crippen LogP contribution >= 0.6 is 0 Å². The molecular formula is C13H19NO7. The molecule has 2 atom stereocenters. The highest BCUT2D eigenvalue weighted by Gasteiger charge is 2.16. The largest absolute Gasteiger partial charge is 0.489 e. The first-order valence-electron chi connectivity index (χ1n) is 6.25. The van der Waals surface area contributed by atoms with Crippen LogP contribution in [0.5, 0.6) is 5.75 Å². The van der Waals surface area contributed by atoms with Crippen molar-refractivity contribution in [1.82, 2.24) is 0 Å². The monoisotopic (exact) mass is 301 g/mol. The zero-order valence-corrected chi connectivity index (χ0v) is 11.3. The Kier molecular flexibility index (Phi) is 6.89. The Morgan fingerprint density at radius 3 is 2.38 bits per heavy atom. The second-order valence-corrected chi connectivity index (χ2v) is 4.30. The number of carbonyl (C=O) groups excluding carboxylic acids is 1. The molecule has 0 saturated carbocycles. The Hall–Kier alpha value is -1.87. The molecule has 1 aromatic rings. The second-order valence-electron chi connectivity index (χ2n) is 4.30. The number of nitrogens with two attached hydrogens (primary N) is 1. The van der Waals surface area contributed by atoms with E-state index < -0.39 is 31.4 Å². The van der Waals surface area contributed by atoms with E-state index in [2.05, 4.69) is 0 Å². The maximum atomic E-state index is 11.8. The van der Waals surface area contributed by atoms with Gasteiger partial charge in [0.25, 0.3) is 0 Å². The predicted octanol–water partition coefficient (Wildman–Crippen LogP) is -1.49. The first-order chi connectivity index (χ1) is 9.99. The molecule has 0 amide bonds. The van der Waals surface area contributed by atoms with Crippen molar-refractivity contribution in [1.29, 1.82) is 0 Å². The van der Waals surface area contributed by atoms with Crippen LogP contribution in [0.3, 0.4) is 0 Å². The molecule has 1 aromatic carbocycles. The third-order valence-electron chi connectivity index (χ3n) is 2.55. The summed E-state index contributed by atoms with van der Waals surface area (Å²) >= 11 is 0. The summed E-state index contributed by atoms with van der Waals surface area (Å²) in [4.78, 5) is 11.8. The van der Waals surface area contributed by atoms with E-state index in [0.29, 0.717) is 0 Å². The average Bonchev–Trinajstić information content (AvgIpc) is 2.50. The minimum absolute atomic E-state index is 0.0196. The van der Waals surface area contributed by atoms with Crippen molar-refractivity contribution in [3.63, 3.8) is 0 Å². The van der Waals surface area contributed by atoms with Crippen molar-refractivity contribution in [3.05, 3.63) is 23.8 Å². The predicted molar refractivity (Wildman–Crippen MR) is 72.8 cm³/mol. The van der Waals surface area contributed by atoms with Gasteiger partial charge in [0.1, 0.15) is 31.2 Å². The Bertz CT molecular complexity index is 466. The summed E-state index contributed by atoms with van der Waals surface area (Å²) in [6.45, 7) is -1.52. The Labute approximate surface area is 121 Å². The molecule has 0 aromatic heterocycles. The van der Waals surface area contributed by atoms with Crippen molar-refractivity contribution >= 4 is 11.7 Å². The lowest BCUT2D eigenvalue weighted by molar-refractivity contribution is 0.00937. The number of aliphatic hydroxyl groups is 4. The molecule has 118 valence electrons. The molecule has 0 spiro atoms. The topological polar surface area (TPSA) is 142 Å². The van der Waals surface area contributed by atoms with Crippen LogP contribution in [0.4, 0.5) is 5.69 Å². The van der Waals surface area contributed by atoms with Crippen LogP contribution in [0.25, 0.3) is 0 Å². The third kappa shape index (κ3) is 5.20. The number of rotatable bonds is 8. The van der Waals surface area contributed by atoms with E-state index >= 15 is 0 Å². The highest BCUT2D eigenvalue weighted by Crippen LogP contribution is 2.26. The van der Waals surface area contributed by atoms with Crippen LogP contribution in [-0.4, -0.2) is 65.0 Å². The number of carbonyl (C=O) groups is 1. The van der Waals surface area contributed by atoms with Gasteiger partial charge < -0.3 is 35.6 Å². The number of hydrogen-bond acceptors (Lipinski definition) is 8. The van der Waals surface area contributed by atoms with E-state index in [1.54, 1.807) is 0 Å². The number of esters is 1. The quantitative estimate of drug-likeness (QED) is 0.289. The minimum Gasteiger partial charge on any atom is -0.489 e. The molecule has 2 unspecified atom stereocenters. The van der Waals surface area contributed by atoms with E-state index in [1.165, 1.54) is 18.2 Å². The van der Waals surface area contributed by atoms with Crippen LogP contribution in [0.2, 0.25) is 0 Å². The lowest BCUT2D eigenvalue weighted by Gasteiger charge is -2.14. The highest BCUT2D eigenvalue weighted by molar-refractivity contribution is 5.96. The SMILES string of the molecule is Nc1c(OCC(O)CO)cccc1C(=O)OCC(O)CO.